The Morgan fingerprint density at radius 2 is 1.63 bits per heavy atom. The van der Waals surface area contributed by atoms with Crippen molar-refractivity contribution in [1.82, 2.24) is 0 Å². The molecule has 0 aromatic heterocycles. The fraction of sp³-hybridized carbons (Fsp3) is 0.619. The third-order valence-corrected chi connectivity index (χ3v) is 3.51. The van der Waals surface area contributed by atoms with Crippen LogP contribution in [-0.2, 0) is 14.3 Å². The second-order valence-corrected chi connectivity index (χ2v) is 7.56. The van der Waals surface area contributed by atoms with Gasteiger partial charge < -0.3 is 24.2 Å². The number of aliphatic hydroxyl groups is 1. The quantitative estimate of drug-likeness (QED) is 0.281. The summed E-state index contributed by atoms with van der Waals surface area (Å²) in [4.78, 5) is 22.8. The van der Waals surface area contributed by atoms with Gasteiger partial charge in [0.1, 0.15) is 6.54 Å². The molecule has 0 aliphatic carbocycles. The number of unbranched alkanes of at least 4 members (excludes halogenated alkanes) is 1. The molecule has 0 heterocycles. The lowest BCUT2D eigenvalue weighted by atomic mass is 10.2. The van der Waals surface area contributed by atoms with Crippen LogP contribution in [-0.4, -0.2) is 61.4 Å². The number of carboxylic acids is 1. The van der Waals surface area contributed by atoms with Gasteiger partial charge in [-0.3, -0.25) is 4.79 Å². The van der Waals surface area contributed by atoms with Crippen molar-refractivity contribution in [3.8, 4) is 0 Å². The molecule has 0 aliphatic rings. The third-order valence-electron chi connectivity index (χ3n) is 3.51. The van der Waals surface area contributed by atoms with Crippen molar-refractivity contribution >= 4 is 11.9 Å². The van der Waals surface area contributed by atoms with Gasteiger partial charge in [-0.15, -0.1) is 0 Å². The van der Waals surface area contributed by atoms with Crippen molar-refractivity contribution in [1.29, 1.82) is 0 Å². The summed E-state index contributed by atoms with van der Waals surface area (Å²) in [6.07, 6.45) is 13.1. The predicted octanol–water partition coefficient (Wildman–Crippen LogP) is 1.74. The molecule has 0 saturated carbocycles. The average Bonchev–Trinajstić information content (AvgIpc) is 2.50. The molecule has 0 fully saturated rings. The lowest BCUT2D eigenvalue weighted by Gasteiger charge is -2.29. The Bertz CT molecular complexity index is 517. The molecule has 6 heteroatoms. The summed E-state index contributed by atoms with van der Waals surface area (Å²) in [5.74, 6) is -1.89. The predicted molar refractivity (Wildman–Crippen MR) is 105 cm³/mol. The van der Waals surface area contributed by atoms with Crippen LogP contribution in [0.15, 0.2) is 36.5 Å². The van der Waals surface area contributed by atoms with E-state index < -0.39 is 24.1 Å². The maximum atomic E-state index is 11.9. The zero-order valence-corrected chi connectivity index (χ0v) is 17.1. The number of aliphatic hydroxyl groups excluding tert-OH is 1. The van der Waals surface area contributed by atoms with Crippen LogP contribution in [0.4, 0.5) is 0 Å². The molecule has 0 rings (SSSR count). The molecule has 0 bridgehead atoms. The number of ether oxygens (including phenoxy) is 1. The van der Waals surface area contributed by atoms with E-state index in [-0.39, 0.29) is 12.8 Å². The molecular weight excluding hydrogens is 346 g/mol. The van der Waals surface area contributed by atoms with Crippen molar-refractivity contribution in [2.45, 2.75) is 57.7 Å². The van der Waals surface area contributed by atoms with Crippen LogP contribution < -0.4 is 5.11 Å². The highest BCUT2D eigenvalue weighted by Gasteiger charge is 2.23. The summed E-state index contributed by atoms with van der Waals surface area (Å²) in [6.45, 7) is 2.49. The number of hydrogen-bond donors (Lipinski definition) is 1. The van der Waals surface area contributed by atoms with Gasteiger partial charge in [-0.25, -0.2) is 0 Å². The Hall–Kier alpha value is -1.92. The first-order valence-corrected chi connectivity index (χ1v) is 9.48. The molecule has 2 unspecified atom stereocenters. The van der Waals surface area contributed by atoms with Crippen LogP contribution in [0.3, 0.4) is 0 Å². The summed E-state index contributed by atoms with van der Waals surface area (Å²) in [5, 5.41) is 20.7. The van der Waals surface area contributed by atoms with Crippen molar-refractivity contribution in [2.75, 3.05) is 27.7 Å². The number of nitrogens with zero attached hydrogens (tertiary/aromatic N) is 1. The lowest BCUT2D eigenvalue weighted by Crippen LogP contribution is -2.45. The van der Waals surface area contributed by atoms with Gasteiger partial charge in [-0.2, -0.15) is 0 Å². The standard InChI is InChI=1S/C21H35NO5/c1-5-6-7-8-9-10-11-12-13-14-18(23)15-21(26)27-19(16-20(24)25)17-22(2,3)4/h7-8,10-11,13-14,18-19,23H,5-6,9,12,15-17H2,1-4H3/b8-7+,11-10+,14-13+. The Kier molecular flexibility index (Phi) is 13.2. The van der Waals surface area contributed by atoms with Gasteiger partial charge in [0.05, 0.1) is 33.7 Å². The summed E-state index contributed by atoms with van der Waals surface area (Å²) in [7, 11) is 5.63. The third kappa shape index (κ3) is 17.3. The second-order valence-electron chi connectivity index (χ2n) is 7.56. The molecule has 0 spiro atoms. The first-order chi connectivity index (χ1) is 12.6. The highest BCUT2D eigenvalue weighted by atomic mass is 16.5. The van der Waals surface area contributed by atoms with Gasteiger partial charge in [0.25, 0.3) is 0 Å². The molecule has 0 radical (unpaired) electrons. The minimum absolute atomic E-state index is 0.208. The molecule has 0 aromatic carbocycles. The van der Waals surface area contributed by atoms with Crippen molar-refractivity contribution < 1.29 is 29.0 Å². The molecule has 2 atom stereocenters. The minimum atomic E-state index is -1.27. The number of quaternary nitrogens is 1. The van der Waals surface area contributed by atoms with E-state index >= 15 is 0 Å². The van der Waals surface area contributed by atoms with Gasteiger partial charge in [0.15, 0.2) is 6.10 Å². The van der Waals surface area contributed by atoms with E-state index in [1.807, 2.05) is 33.3 Å². The van der Waals surface area contributed by atoms with E-state index in [1.54, 1.807) is 12.2 Å². The normalized spacial score (nSPS) is 14.9. The van der Waals surface area contributed by atoms with Crippen molar-refractivity contribution in [3.05, 3.63) is 36.5 Å². The van der Waals surface area contributed by atoms with Gasteiger partial charge in [0, 0.05) is 12.4 Å². The number of carboxylic acid groups (broad SMARTS) is 1. The number of rotatable bonds is 14. The molecule has 0 aliphatic heterocycles. The number of aliphatic carboxylic acids is 1. The highest BCUT2D eigenvalue weighted by molar-refractivity contribution is 5.71. The SMILES string of the molecule is CCC/C=C/C/C=C/C/C=C/C(O)CC(=O)OC(CC(=O)[O-])C[N+](C)(C)C. The summed E-state index contributed by atoms with van der Waals surface area (Å²) in [5.41, 5.74) is 0. The van der Waals surface area contributed by atoms with E-state index in [1.165, 1.54) is 0 Å². The van der Waals surface area contributed by atoms with Crippen LogP contribution in [0.2, 0.25) is 0 Å². The van der Waals surface area contributed by atoms with Crippen molar-refractivity contribution in [3.63, 3.8) is 0 Å². The minimum Gasteiger partial charge on any atom is -0.550 e. The molecule has 0 amide bonds. The smallest absolute Gasteiger partial charge is 0.309 e. The van der Waals surface area contributed by atoms with Crippen LogP contribution in [0, 0.1) is 0 Å². The highest BCUT2D eigenvalue weighted by Crippen LogP contribution is 2.08. The van der Waals surface area contributed by atoms with E-state index in [4.69, 9.17) is 4.74 Å². The number of likely N-dealkylation sites (N-methyl/N-ethyl adjacent to an activating group) is 1. The fourth-order valence-corrected chi connectivity index (χ4v) is 2.38. The molecule has 27 heavy (non-hydrogen) atoms. The zero-order chi connectivity index (χ0) is 20.7. The molecule has 0 saturated heterocycles. The van der Waals surface area contributed by atoms with E-state index in [9.17, 15) is 19.8 Å². The largest absolute Gasteiger partial charge is 0.550 e. The summed E-state index contributed by atoms with van der Waals surface area (Å²) >= 11 is 0. The Labute approximate surface area is 163 Å². The number of esters is 1. The average molecular weight is 382 g/mol. The first-order valence-electron chi connectivity index (χ1n) is 9.48. The van der Waals surface area contributed by atoms with Gasteiger partial charge in [-0.05, 0) is 19.3 Å². The molecular formula is C21H35NO5. The molecule has 1 N–H and O–H groups in total. The summed E-state index contributed by atoms with van der Waals surface area (Å²) < 4.78 is 5.66. The Morgan fingerprint density at radius 3 is 2.19 bits per heavy atom. The monoisotopic (exact) mass is 381 g/mol. The molecule has 154 valence electrons. The van der Waals surface area contributed by atoms with E-state index in [0.717, 1.165) is 19.3 Å². The lowest BCUT2D eigenvalue weighted by molar-refractivity contribution is -0.873. The first kappa shape index (κ1) is 25.1. The summed E-state index contributed by atoms with van der Waals surface area (Å²) in [6, 6.07) is 0. The van der Waals surface area contributed by atoms with E-state index in [2.05, 4.69) is 19.1 Å². The van der Waals surface area contributed by atoms with Crippen molar-refractivity contribution in [2.24, 2.45) is 0 Å². The zero-order valence-electron chi connectivity index (χ0n) is 17.1. The van der Waals surface area contributed by atoms with Crippen LogP contribution >= 0.6 is 0 Å². The number of hydrogen-bond acceptors (Lipinski definition) is 5. The van der Waals surface area contributed by atoms with Gasteiger partial charge in [0.2, 0.25) is 0 Å². The second kappa shape index (κ2) is 14.2. The van der Waals surface area contributed by atoms with Crippen LogP contribution in [0.1, 0.15) is 45.4 Å². The van der Waals surface area contributed by atoms with Gasteiger partial charge in [-0.1, -0.05) is 49.8 Å². The topological polar surface area (TPSA) is 86.7 Å². The number of carbonyl (C=O) groups excluding carboxylic acids is 2. The molecule has 6 nitrogen and oxygen atoms in total. The number of allylic oxidation sites excluding steroid dienone is 5. The van der Waals surface area contributed by atoms with Gasteiger partial charge >= 0.3 is 5.97 Å². The Balaban J connectivity index is 4.26. The van der Waals surface area contributed by atoms with Crippen LogP contribution in [0.25, 0.3) is 0 Å². The van der Waals surface area contributed by atoms with Crippen LogP contribution in [0.5, 0.6) is 0 Å². The molecule has 0 aromatic rings. The maximum Gasteiger partial charge on any atom is 0.309 e. The number of carbonyl (C=O) groups is 2. The fourth-order valence-electron chi connectivity index (χ4n) is 2.38. The maximum absolute atomic E-state index is 11.9. The Morgan fingerprint density at radius 1 is 1.04 bits per heavy atom. The van der Waals surface area contributed by atoms with E-state index in [0.29, 0.717) is 17.4 Å².